The van der Waals surface area contributed by atoms with Crippen LogP contribution in [0.25, 0.3) is 0 Å². The number of halogens is 2. The van der Waals surface area contributed by atoms with Crippen LogP contribution < -0.4 is 5.32 Å². The van der Waals surface area contributed by atoms with Crippen molar-refractivity contribution in [3.8, 4) is 0 Å². The van der Waals surface area contributed by atoms with Crippen molar-refractivity contribution in [3.05, 3.63) is 10.6 Å². The Morgan fingerprint density at radius 2 is 2.71 bits per heavy atom. The largest absolute Gasteiger partial charge is 0.280 e. The van der Waals surface area contributed by atoms with Gasteiger partial charge in [0.15, 0.2) is 6.30 Å². The van der Waals surface area contributed by atoms with E-state index in [1.807, 2.05) is 0 Å². The van der Waals surface area contributed by atoms with Gasteiger partial charge in [-0.05, 0) is 0 Å². The van der Waals surface area contributed by atoms with Crippen LogP contribution in [-0.2, 0) is 0 Å². The van der Waals surface area contributed by atoms with Crippen LogP contribution in [0.15, 0.2) is 10.6 Å². The van der Waals surface area contributed by atoms with Crippen molar-refractivity contribution in [2.24, 2.45) is 0 Å². The molecule has 0 saturated heterocycles. The summed E-state index contributed by atoms with van der Waals surface area (Å²) in [5.74, 6) is 0. The van der Waals surface area contributed by atoms with Crippen LogP contribution in [-0.4, -0.2) is 12.8 Å². The first kappa shape index (κ1) is 5.25. The third-order valence-electron chi connectivity index (χ3n) is 0.836. The summed E-state index contributed by atoms with van der Waals surface area (Å²) in [6.07, 6.45) is 0.810. The Bertz CT molecular complexity index is 102. The molecule has 3 heteroatoms. The van der Waals surface area contributed by atoms with Gasteiger partial charge in [-0.2, -0.15) is 0 Å². The lowest BCUT2D eigenvalue weighted by atomic mass is 10.6. The second-order valence-corrected chi connectivity index (χ2v) is 2.28. The fourth-order valence-corrected chi connectivity index (χ4v) is 0.785. The van der Waals surface area contributed by atoms with Gasteiger partial charge >= 0.3 is 0 Å². The molecule has 1 unspecified atom stereocenters. The fourth-order valence-electron chi connectivity index (χ4n) is 0.461. The van der Waals surface area contributed by atoms with Crippen molar-refractivity contribution in [1.82, 2.24) is 5.32 Å². The van der Waals surface area contributed by atoms with Crippen LogP contribution in [0.1, 0.15) is 0 Å². The Morgan fingerprint density at radius 3 is 2.86 bits per heavy atom. The van der Waals surface area contributed by atoms with E-state index in [1.54, 1.807) is 6.08 Å². The van der Waals surface area contributed by atoms with Gasteiger partial charge in [0.25, 0.3) is 0 Å². The van der Waals surface area contributed by atoms with E-state index in [0.717, 1.165) is 0 Å². The lowest BCUT2D eigenvalue weighted by Gasteiger charge is -1.95. The van der Waals surface area contributed by atoms with E-state index in [2.05, 4.69) is 21.2 Å². The van der Waals surface area contributed by atoms with Crippen molar-refractivity contribution < 1.29 is 4.39 Å². The molecule has 1 rings (SSSR count). The summed E-state index contributed by atoms with van der Waals surface area (Å²) in [5, 5.41) is 2.56. The molecule has 0 fully saturated rings. The summed E-state index contributed by atoms with van der Waals surface area (Å²) < 4.78 is 12.7. The Morgan fingerprint density at radius 1 is 2.00 bits per heavy atom. The Labute approximate surface area is 49.7 Å². The minimum atomic E-state index is -0.958. The van der Waals surface area contributed by atoms with E-state index in [9.17, 15) is 4.39 Å². The number of hydrogen-bond acceptors (Lipinski definition) is 1. The number of nitrogens with one attached hydrogen (secondary N) is 1. The van der Waals surface area contributed by atoms with Gasteiger partial charge < -0.3 is 0 Å². The molecule has 0 aliphatic carbocycles. The molecule has 1 N–H and O–H groups in total. The van der Waals surface area contributed by atoms with Crippen molar-refractivity contribution >= 4 is 15.9 Å². The summed E-state index contributed by atoms with van der Waals surface area (Å²) in [7, 11) is 0. The molecule has 1 aliphatic heterocycles. The van der Waals surface area contributed by atoms with Gasteiger partial charge in [-0.3, -0.25) is 5.32 Å². The first-order chi connectivity index (χ1) is 3.30. The van der Waals surface area contributed by atoms with Crippen LogP contribution in [0.2, 0.25) is 0 Å². The van der Waals surface area contributed by atoms with E-state index < -0.39 is 6.30 Å². The van der Waals surface area contributed by atoms with Crippen LogP contribution in [0.4, 0.5) is 4.39 Å². The van der Waals surface area contributed by atoms with E-state index in [1.165, 1.54) is 0 Å². The normalized spacial score (nSPS) is 30.6. The topological polar surface area (TPSA) is 12.0 Å². The number of alkyl halides is 1. The molecule has 0 aromatic carbocycles. The monoisotopic (exact) mass is 165 g/mol. The Kier molecular flexibility index (Phi) is 1.44. The van der Waals surface area contributed by atoms with Gasteiger partial charge in [0.1, 0.15) is 0 Å². The highest BCUT2D eigenvalue weighted by Gasteiger charge is 2.12. The van der Waals surface area contributed by atoms with E-state index in [0.29, 0.717) is 11.0 Å². The predicted molar refractivity (Wildman–Crippen MR) is 29.9 cm³/mol. The van der Waals surface area contributed by atoms with Gasteiger partial charge in [-0.15, -0.1) is 0 Å². The first-order valence-corrected chi connectivity index (χ1v) is 2.83. The average molecular weight is 166 g/mol. The molecule has 0 aromatic rings. The Hall–Kier alpha value is 0.110. The summed E-state index contributed by atoms with van der Waals surface area (Å²) in [6.45, 7) is 0.641. The van der Waals surface area contributed by atoms with Crippen molar-refractivity contribution in [3.63, 3.8) is 0 Å². The lowest BCUT2D eigenvalue weighted by molar-refractivity contribution is 0.357. The molecular weight excluding hydrogens is 161 g/mol. The Balaban J connectivity index is 2.54. The quantitative estimate of drug-likeness (QED) is 0.532. The van der Waals surface area contributed by atoms with Crippen LogP contribution in [0.5, 0.6) is 0 Å². The van der Waals surface area contributed by atoms with Gasteiger partial charge in [-0.1, -0.05) is 22.0 Å². The lowest BCUT2D eigenvalue weighted by Crippen LogP contribution is -2.17. The zero-order valence-electron chi connectivity index (χ0n) is 3.62. The molecule has 1 nitrogen and oxygen atoms in total. The van der Waals surface area contributed by atoms with E-state index >= 15 is 0 Å². The predicted octanol–water partition coefficient (Wildman–Crippen LogP) is 1.16. The second-order valence-electron chi connectivity index (χ2n) is 1.36. The van der Waals surface area contributed by atoms with Gasteiger partial charge in [0.05, 0.1) is 0 Å². The molecule has 40 valence electrons. The maximum atomic E-state index is 12.1. The van der Waals surface area contributed by atoms with Gasteiger partial charge in [0, 0.05) is 11.0 Å². The highest BCUT2D eigenvalue weighted by Crippen LogP contribution is 2.15. The zero-order valence-corrected chi connectivity index (χ0v) is 5.20. The fraction of sp³-hybridized carbons (Fsp3) is 0.500. The van der Waals surface area contributed by atoms with E-state index in [4.69, 9.17) is 0 Å². The molecule has 0 spiro atoms. The molecule has 0 bridgehead atoms. The van der Waals surface area contributed by atoms with Gasteiger partial charge in [-0.25, -0.2) is 4.39 Å². The molecule has 1 heterocycles. The first-order valence-electron chi connectivity index (χ1n) is 2.04. The minimum absolute atomic E-state index is 0.618. The average Bonchev–Trinajstić information content (AvgIpc) is 1.91. The summed E-state index contributed by atoms with van der Waals surface area (Å²) in [6, 6.07) is 0. The van der Waals surface area contributed by atoms with Crippen LogP contribution >= 0.6 is 15.9 Å². The van der Waals surface area contributed by atoms with Crippen LogP contribution in [0, 0.1) is 0 Å². The van der Waals surface area contributed by atoms with Crippen LogP contribution in [0.3, 0.4) is 0 Å². The van der Waals surface area contributed by atoms with Crippen molar-refractivity contribution in [1.29, 1.82) is 0 Å². The standard InChI is InChI=1S/C4H5BrFN/c5-3-1-2-7-4(3)6/h1,4,7H,2H2. The number of rotatable bonds is 0. The minimum Gasteiger partial charge on any atom is -0.280 e. The van der Waals surface area contributed by atoms with Crippen molar-refractivity contribution in [2.75, 3.05) is 6.54 Å². The molecule has 0 radical (unpaired) electrons. The highest BCUT2D eigenvalue weighted by molar-refractivity contribution is 9.11. The summed E-state index contributed by atoms with van der Waals surface area (Å²) in [4.78, 5) is 0. The molecule has 1 atom stereocenters. The molecule has 7 heavy (non-hydrogen) atoms. The zero-order chi connectivity index (χ0) is 5.28. The molecule has 0 saturated carbocycles. The second kappa shape index (κ2) is 1.92. The van der Waals surface area contributed by atoms with Crippen molar-refractivity contribution in [2.45, 2.75) is 6.30 Å². The van der Waals surface area contributed by atoms with E-state index in [-0.39, 0.29) is 0 Å². The number of hydrogen-bond donors (Lipinski definition) is 1. The molecule has 1 aliphatic rings. The highest BCUT2D eigenvalue weighted by atomic mass is 79.9. The SMILES string of the molecule is FC1NCC=C1Br. The third-order valence-corrected chi connectivity index (χ3v) is 1.56. The smallest absolute Gasteiger partial charge is 0.183 e. The molecular formula is C4H5BrFN. The van der Waals surface area contributed by atoms with Gasteiger partial charge in [0.2, 0.25) is 0 Å². The maximum absolute atomic E-state index is 12.1. The third kappa shape index (κ3) is 1.01. The summed E-state index contributed by atoms with van der Waals surface area (Å²) >= 11 is 3.03. The maximum Gasteiger partial charge on any atom is 0.183 e. The molecule has 0 amide bonds. The molecule has 0 aromatic heterocycles. The summed E-state index contributed by atoms with van der Waals surface area (Å²) in [5.41, 5.74) is 0.